The van der Waals surface area contributed by atoms with E-state index >= 15 is 0 Å². The molecule has 3 aliphatic heterocycles. The Morgan fingerprint density at radius 3 is 2.23 bits per heavy atom. The summed E-state index contributed by atoms with van der Waals surface area (Å²) in [5.41, 5.74) is -0.294. The second-order valence-corrected chi connectivity index (χ2v) is 13.7. The van der Waals surface area contributed by atoms with Gasteiger partial charge in [0.15, 0.2) is 20.4 Å². The Labute approximate surface area is 139 Å². The highest BCUT2D eigenvalue weighted by atomic mass is 32.1. The molecule has 0 bridgehead atoms. The highest BCUT2D eigenvalue weighted by molar-refractivity contribution is 7.80. The summed E-state index contributed by atoms with van der Waals surface area (Å²) >= 11 is 4.57. The quantitative estimate of drug-likeness (QED) is 0.614. The zero-order valence-corrected chi connectivity index (χ0v) is 16.3. The Hall–Kier alpha value is 0.367. The average Bonchev–Trinajstić information content (AvgIpc) is 2.87. The molecule has 0 aliphatic carbocycles. The topological polar surface area (TPSA) is 46.2 Å². The van der Waals surface area contributed by atoms with Crippen LogP contribution in [0.3, 0.4) is 0 Å². The van der Waals surface area contributed by atoms with E-state index in [0.29, 0.717) is 0 Å². The van der Waals surface area contributed by atoms with Crippen LogP contribution in [0.4, 0.5) is 0 Å². The number of fused-ring (bicyclic) bond motifs is 3. The van der Waals surface area contributed by atoms with E-state index in [4.69, 9.17) is 23.4 Å². The van der Waals surface area contributed by atoms with Gasteiger partial charge in [0.2, 0.25) is 0 Å². The van der Waals surface area contributed by atoms with Crippen LogP contribution in [0.15, 0.2) is 0 Å². The van der Waals surface area contributed by atoms with Crippen molar-refractivity contribution in [1.29, 1.82) is 0 Å². The summed E-state index contributed by atoms with van der Waals surface area (Å²) in [7, 11) is -1.93. The summed E-state index contributed by atoms with van der Waals surface area (Å²) in [5, 5.41) is 0.127. The number of thiol groups is 1. The molecule has 3 heterocycles. The maximum absolute atomic E-state index is 6.51. The third-order valence-corrected chi connectivity index (χ3v) is 10.1. The summed E-state index contributed by atoms with van der Waals surface area (Å²) < 4.78 is 30.3. The lowest BCUT2D eigenvalue weighted by Crippen LogP contribution is -2.49. The highest BCUT2D eigenvalue weighted by Crippen LogP contribution is 2.47. The van der Waals surface area contributed by atoms with E-state index in [9.17, 15) is 0 Å². The Bertz CT molecular complexity index is 450. The van der Waals surface area contributed by atoms with Crippen LogP contribution in [0.2, 0.25) is 18.1 Å². The van der Waals surface area contributed by atoms with E-state index in [1.54, 1.807) is 0 Å². The third-order valence-electron chi connectivity index (χ3n) is 5.17. The number of ether oxygens (including phenoxy) is 4. The Morgan fingerprint density at radius 2 is 1.64 bits per heavy atom. The average molecular weight is 349 g/mol. The third kappa shape index (κ3) is 2.79. The van der Waals surface area contributed by atoms with Gasteiger partial charge in [0.25, 0.3) is 0 Å². The minimum absolute atomic E-state index is 0.127. The number of rotatable bonds is 2. The van der Waals surface area contributed by atoms with Gasteiger partial charge >= 0.3 is 0 Å². The molecule has 22 heavy (non-hydrogen) atoms. The van der Waals surface area contributed by atoms with Gasteiger partial charge in [0.1, 0.15) is 29.9 Å². The van der Waals surface area contributed by atoms with Gasteiger partial charge in [-0.15, -0.1) is 12.6 Å². The van der Waals surface area contributed by atoms with Crippen molar-refractivity contribution in [3.8, 4) is 0 Å². The van der Waals surface area contributed by atoms with Crippen LogP contribution < -0.4 is 0 Å². The molecular weight excluding hydrogens is 320 g/mol. The molecule has 0 amide bonds. The first-order chi connectivity index (χ1) is 9.91. The lowest BCUT2D eigenvalue weighted by molar-refractivity contribution is -0.214. The van der Waals surface area contributed by atoms with Gasteiger partial charge in [0, 0.05) is 0 Å². The van der Waals surface area contributed by atoms with Crippen LogP contribution in [0.1, 0.15) is 34.6 Å². The van der Waals surface area contributed by atoms with Gasteiger partial charge in [-0.3, -0.25) is 0 Å². The lowest BCUT2D eigenvalue weighted by Gasteiger charge is -2.39. The minimum atomic E-state index is -1.93. The summed E-state index contributed by atoms with van der Waals surface area (Å²) in [4.78, 5) is 0. The van der Waals surface area contributed by atoms with Crippen molar-refractivity contribution in [2.45, 2.75) is 94.7 Å². The molecule has 6 atom stereocenters. The van der Waals surface area contributed by atoms with E-state index < -0.39 is 14.1 Å². The van der Waals surface area contributed by atoms with Crippen LogP contribution in [0.5, 0.6) is 0 Å². The standard InChI is InChI=1S/C15H28O5SSi/c1-14(2,3)22(6,7)20-11-9-8(17-13(11)21)10-12(16-9)19-15(4,5)18-10/h8-13,21H,1-7H3/t8-,9-,10+,11-,12+,13?/m0/s1. The molecule has 0 saturated carbocycles. The Kier molecular flexibility index (Phi) is 4.05. The molecule has 0 aromatic carbocycles. The molecule has 0 spiro atoms. The second kappa shape index (κ2) is 5.18. The Morgan fingerprint density at radius 1 is 1.00 bits per heavy atom. The molecule has 0 aromatic heterocycles. The molecule has 0 N–H and O–H groups in total. The predicted octanol–water partition coefficient (Wildman–Crippen LogP) is 2.91. The largest absolute Gasteiger partial charge is 0.408 e. The van der Waals surface area contributed by atoms with E-state index in [2.05, 4.69) is 46.5 Å². The number of hydrogen-bond donors (Lipinski definition) is 1. The summed E-state index contributed by atoms with van der Waals surface area (Å²) in [6.45, 7) is 14.9. The SMILES string of the molecule is CC1(C)O[C@H]2O[C@H]3[C@H](OC(S)[C@H]3O[Si](C)(C)C(C)(C)C)[C@H]2O1. The van der Waals surface area contributed by atoms with E-state index in [-0.39, 0.29) is 41.2 Å². The molecule has 3 aliphatic rings. The fourth-order valence-corrected chi connectivity index (χ4v) is 4.74. The fourth-order valence-electron chi connectivity index (χ4n) is 2.97. The molecule has 128 valence electrons. The number of hydrogen-bond acceptors (Lipinski definition) is 6. The zero-order chi connectivity index (χ0) is 16.5. The lowest BCUT2D eigenvalue weighted by atomic mass is 10.1. The molecule has 5 nitrogen and oxygen atoms in total. The van der Waals surface area contributed by atoms with Gasteiger partial charge in [-0.25, -0.2) is 0 Å². The van der Waals surface area contributed by atoms with Gasteiger partial charge in [-0.1, -0.05) is 20.8 Å². The molecule has 1 unspecified atom stereocenters. The van der Waals surface area contributed by atoms with Crippen molar-refractivity contribution >= 4 is 20.9 Å². The zero-order valence-electron chi connectivity index (χ0n) is 14.5. The Balaban J connectivity index is 1.74. The molecule has 3 saturated heterocycles. The van der Waals surface area contributed by atoms with Gasteiger partial charge < -0.3 is 23.4 Å². The minimum Gasteiger partial charge on any atom is -0.408 e. The van der Waals surface area contributed by atoms with E-state index in [0.717, 1.165) is 0 Å². The van der Waals surface area contributed by atoms with Gasteiger partial charge in [-0.2, -0.15) is 0 Å². The smallest absolute Gasteiger partial charge is 0.192 e. The fraction of sp³-hybridized carbons (Fsp3) is 1.00. The summed E-state index contributed by atoms with van der Waals surface area (Å²) in [5.74, 6) is -0.631. The molecule has 0 aromatic rings. The molecular formula is C15H28O5SSi. The first-order valence-corrected chi connectivity index (χ1v) is 11.4. The monoisotopic (exact) mass is 348 g/mol. The molecule has 7 heteroatoms. The van der Waals surface area contributed by atoms with Crippen LogP contribution >= 0.6 is 12.6 Å². The maximum atomic E-state index is 6.51. The molecule has 3 fully saturated rings. The van der Waals surface area contributed by atoms with Crippen molar-refractivity contribution in [2.75, 3.05) is 0 Å². The first kappa shape index (κ1) is 17.2. The van der Waals surface area contributed by atoms with Crippen molar-refractivity contribution in [1.82, 2.24) is 0 Å². The van der Waals surface area contributed by atoms with Gasteiger partial charge in [-0.05, 0) is 32.0 Å². The summed E-state index contributed by atoms with van der Waals surface area (Å²) in [6, 6.07) is 0. The second-order valence-electron chi connectivity index (χ2n) is 8.40. The van der Waals surface area contributed by atoms with Gasteiger partial charge in [0.05, 0.1) is 0 Å². The highest BCUT2D eigenvalue weighted by Gasteiger charge is 2.63. The first-order valence-electron chi connectivity index (χ1n) is 7.94. The van der Waals surface area contributed by atoms with Crippen LogP contribution in [0.25, 0.3) is 0 Å². The molecule has 0 radical (unpaired) electrons. The normalized spacial score (nSPS) is 44.2. The summed E-state index contributed by atoms with van der Waals surface area (Å²) in [6.07, 6.45) is -1.12. The van der Waals surface area contributed by atoms with Crippen molar-refractivity contribution < 1.29 is 23.4 Å². The van der Waals surface area contributed by atoms with Crippen molar-refractivity contribution in [3.63, 3.8) is 0 Å². The van der Waals surface area contributed by atoms with Crippen molar-refractivity contribution in [2.24, 2.45) is 0 Å². The predicted molar refractivity (Wildman–Crippen MR) is 88.4 cm³/mol. The van der Waals surface area contributed by atoms with Crippen LogP contribution in [-0.4, -0.2) is 50.2 Å². The molecule has 3 rings (SSSR count). The van der Waals surface area contributed by atoms with Crippen LogP contribution in [-0.2, 0) is 23.4 Å². The van der Waals surface area contributed by atoms with E-state index in [1.807, 2.05) is 13.8 Å². The van der Waals surface area contributed by atoms with E-state index in [1.165, 1.54) is 0 Å². The maximum Gasteiger partial charge on any atom is 0.192 e. The van der Waals surface area contributed by atoms with Crippen molar-refractivity contribution in [3.05, 3.63) is 0 Å². The van der Waals surface area contributed by atoms with Crippen LogP contribution in [0, 0.1) is 0 Å².